The van der Waals surface area contributed by atoms with Crippen molar-refractivity contribution in [2.24, 2.45) is 0 Å². The maximum absolute atomic E-state index is 12.7. The van der Waals surface area contributed by atoms with Gasteiger partial charge in [-0.15, -0.1) is 0 Å². The summed E-state index contributed by atoms with van der Waals surface area (Å²) in [6.45, 7) is 5.40. The highest BCUT2D eigenvalue weighted by Gasteiger charge is 2.26. The molecule has 0 aromatic rings. The molecule has 0 saturated heterocycles. The number of quaternary nitrogens is 1. The maximum Gasteiger partial charge on any atom is 0.472 e. The van der Waals surface area contributed by atoms with E-state index in [2.05, 4.69) is 74.6 Å². The Morgan fingerprint density at radius 1 is 0.571 bits per heavy atom. The van der Waals surface area contributed by atoms with Crippen molar-refractivity contribution in [1.82, 2.24) is 0 Å². The fraction of sp³-hybridized carbons (Fsp3) is 0.766. The Balaban J connectivity index is 4.30. The van der Waals surface area contributed by atoms with Crippen LogP contribution in [0.4, 0.5) is 0 Å². The van der Waals surface area contributed by atoms with Crippen LogP contribution in [0, 0.1) is 0 Å². The molecule has 56 heavy (non-hydrogen) atoms. The number of hydrogen-bond donors (Lipinski definition) is 1. The second kappa shape index (κ2) is 40.0. The minimum Gasteiger partial charge on any atom is -0.457 e. The molecule has 0 radical (unpaired) electrons. The number of carbonyl (C=O) groups is 1. The van der Waals surface area contributed by atoms with Crippen LogP contribution in [-0.2, 0) is 27.9 Å². The third kappa shape index (κ3) is 43.3. The van der Waals surface area contributed by atoms with Crippen LogP contribution in [0.3, 0.4) is 0 Å². The highest BCUT2D eigenvalue weighted by atomic mass is 31.2. The molecular weight excluding hydrogens is 721 g/mol. The van der Waals surface area contributed by atoms with Gasteiger partial charge in [-0.3, -0.25) is 13.8 Å². The van der Waals surface area contributed by atoms with Gasteiger partial charge in [-0.05, 0) is 57.8 Å². The smallest absolute Gasteiger partial charge is 0.457 e. The second-order valence-corrected chi connectivity index (χ2v) is 17.5. The van der Waals surface area contributed by atoms with E-state index in [1.54, 1.807) is 0 Å². The van der Waals surface area contributed by atoms with Gasteiger partial charge in [0.15, 0.2) is 0 Å². The van der Waals surface area contributed by atoms with Gasteiger partial charge in [-0.2, -0.15) is 0 Å². The summed E-state index contributed by atoms with van der Waals surface area (Å²) in [4.78, 5) is 22.9. The molecule has 0 aliphatic heterocycles. The molecule has 0 spiro atoms. The standard InChI is InChI=1S/C47H86NO7P/c1-6-8-10-12-14-16-18-20-22-24-25-27-29-31-33-35-37-39-42-52-44-46(45-54-56(50,51)53-43-41-48(3,4)5)55-47(49)40-38-36-34-32-30-28-26-23-21-19-17-15-13-11-9-7-2/h8,10,14,16,20,22,25,27,31,33,46H,6-7,9,11-13,15,17-19,21,23-24,26,28-30,32,34-45H2,1-5H3/p+1/b10-8-,16-14-,22-20-,27-25-,33-31-. The highest BCUT2D eigenvalue weighted by molar-refractivity contribution is 7.47. The Kier molecular flexibility index (Phi) is 38.7. The van der Waals surface area contributed by atoms with E-state index >= 15 is 0 Å². The largest absolute Gasteiger partial charge is 0.472 e. The number of nitrogens with zero attached hydrogens (tertiary/aromatic N) is 1. The van der Waals surface area contributed by atoms with E-state index in [1.807, 2.05) is 21.1 Å². The molecule has 8 nitrogen and oxygen atoms in total. The Hall–Kier alpha value is -1.80. The lowest BCUT2D eigenvalue weighted by Crippen LogP contribution is -2.37. The molecule has 9 heteroatoms. The minimum absolute atomic E-state index is 0.0787. The summed E-state index contributed by atoms with van der Waals surface area (Å²) < 4.78 is 35.0. The Morgan fingerprint density at radius 3 is 1.52 bits per heavy atom. The fourth-order valence-electron chi connectivity index (χ4n) is 5.87. The van der Waals surface area contributed by atoms with E-state index in [0.717, 1.165) is 70.6 Å². The molecule has 0 rings (SSSR count). The van der Waals surface area contributed by atoms with Gasteiger partial charge < -0.3 is 18.9 Å². The van der Waals surface area contributed by atoms with Gasteiger partial charge in [0.05, 0.1) is 34.4 Å². The van der Waals surface area contributed by atoms with Crippen molar-refractivity contribution >= 4 is 13.8 Å². The van der Waals surface area contributed by atoms with Crippen LogP contribution in [0.5, 0.6) is 0 Å². The lowest BCUT2D eigenvalue weighted by atomic mass is 10.0. The Bertz CT molecular complexity index is 1080. The zero-order chi connectivity index (χ0) is 41.3. The molecule has 0 heterocycles. The van der Waals surface area contributed by atoms with E-state index in [4.69, 9.17) is 18.5 Å². The van der Waals surface area contributed by atoms with Crippen LogP contribution in [0.2, 0.25) is 0 Å². The quantitative estimate of drug-likeness (QED) is 0.0216. The van der Waals surface area contributed by atoms with Crippen molar-refractivity contribution < 1.29 is 37.3 Å². The number of rotatable bonds is 41. The predicted molar refractivity (Wildman–Crippen MR) is 238 cm³/mol. The summed E-state index contributed by atoms with van der Waals surface area (Å²) in [6, 6.07) is 0. The van der Waals surface area contributed by atoms with Crippen molar-refractivity contribution in [1.29, 1.82) is 0 Å². The molecule has 0 bridgehead atoms. The van der Waals surface area contributed by atoms with Crippen molar-refractivity contribution in [3.8, 4) is 0 Å². The number of allylic oxidation sites excluding steroid dienone is 10. The molecule has 0 aromatic heterocycles. The summed E-state index contributed by atoms with van der Waals surface area (Å²) in [7, 11) is 1.64. The Morgan fingerprint density at radius 2 is 1.04 bits per heavy atom. The van der Waals surface area contributed by atoms with Crippen LogP contribution >= 0.6 is 7.82 Å². The Labute approximate surface area is 345 Å². The molecule has 326 valence electrons. The fourth-order valence-corrected chi connectivity index (χ4v) is 6.61. The van der Waals surface area contributed by atoms with Gasteiger partial charge in [0, 0.05) is 13.0 Å². The van der Waals surface area contributed by atoms with Gasteiger partial charge in [-0.1, -0.05) is 171 Å². The number of hydrogen-bond acceptors (Lipinski definition) is 6. The van der Waals surface area contributed by atoms with E-state index in [1.165, 1.54) is 83.5 Å². The second-order valence-electron chi connectivity index (χ2n) is 16.1. The summed E-state index contributed by atoms with van der Waals surface area (Å²) >= 11 is 0. The first kappa shape index (κ1) is 54.2. The predicted octanol–water partition coefficient (Wildman–Crippen LogP) is 13.3. The average Bonchev–Trinajstić information content (AvgIpc) is 3.15. The number of esters is 1. The van der Waals surface area contributed by atoms with Crippen molar-refractivity contribution in [2.75, 3.05) is 54.1 Å². The third-order valence-corrected chi connectivity index (χ3v) is 10.3. The molecule has 0 aliphatic carbocycles. The summed E-state index contributed by atoms with van der Waals surface area (Å²) in [6.07, 6.45) is 49.7. The molecule has 2 atom stereocenters. The molecule has 0 aromatic carbocycles. The first-order chi connectivity index (χ1) is 27.1. The first-order valence-corrected chi connectivity index (χ1v) is 24.0. The summed E-state index contributed by atoms with van der Waals surface area (Å²) in [5, 5.41) is 0. The van der Waals surface area contributed by atoms with Gasteiger partial charge >= 0.3 is 13.8 Å². The normalized spacial score (nSPS) is 14.3. The van der Waals surface area contributed by atoms with Crippen LogP contribution in [-0.4, -0.2) is 75.6 Å². The van der Waals surface area contributed by atoms with E-state index in [-0.39, 0.29) is 25.8 Å². The third-order valence-electron chi connectivity index (χ3n) is 9.34. The number of ether oxygens (including phenoxy) is 2. The topological polar surface area (TPSA) is 91.3 Å². The van der Waals surface area contributed by atoms with Crippen molar-refractivity contribution in [2.45, 2.75) is 180 Å². The molecule has 0 fully saturated rings. The average molecular weight is 809 g/mol. The van der Waals surface area contributed by atoms with Crippen molar-refractivity contribution in [3.05, 3.63) is 60.8 Å². The maximum atomic E-state index is 12.7. The zero-order valence-electron chi connectivity index (χ0n) is 36.9. The number of phosphoric ester groups is 1. The number of carbonyl (C=O) groups excluding carboxylic acids is 1. The summed E-state index contributed by atoms with van der Waals surface area (Å²) in [5.74, 6) is -0.329. The van der Waals surface area contributed by atoms with Gasteiger partial charge in [-0.25, -0.2) is 4.57 Å². The van der Waals surface area contributed by atoms with Crippen molar-refractivity contribution in [3.63, 3.8) is 0 Å². The van der Waals surface area contributed by atoms with Crippen LogP contribution in [0.15, 0.2) is 60.8 Å². The lowest BCUT2D eigenvalue weighted by Gasteiger charge is -2.24. The first-order valence-electron chi connectivity index (χ1n) is 22.5. The van der Waals surface area contributed by atoms with E-state index < -0.39 is 13.9 Å². The number of unbranched alkanes of at least 4 members (excludes halogenated alkanes) is 17. The van der Waals surface area contributed by atoms with Gasteiger partial charge in [0.25, 0.3) is 0 Å². The minimum atomic E-state index is -4.29. The van der Waals surface area contributed by atoms with Crippen LogP contribution in [0.1, 0.15) is 174 Å². The van der Waals surface area contributed by atoms with Crippen LogP contribution < -0.4 is 0 Å². The molecule has 1 N–H and O–H groups in total. The van der Waals surface area contributed by atoms with Crippen LogP contribution in [0.25, 0.3) is 0 Å². The molecule has 0 amide bonds. The summed E-state index contributed by atoms with van der Waals surface area (Å²) in [5.41, 5.74) is 0. The van der Waals surface area contributed by atoms with E-state index in [9.17, 15) is 14.3 Å². The monoisotopic (exact) mass is 809 g/mol. The van der Waals surface area contributed by atoms with Gasteiger partial charge in [0.1, 0.15) is 19.3 Å². The molecule has 0 saturated carbocycles. The molecule has 0 aliphatic rings. The number of phosphoric acid groups is 1. The number of likely N-dealkylation sites (N-methyl/N-ethyl adjacent to an activating group) is 1. The lowest BCUT2D eigenvalue weighted by molar-refractivity contribution is -0.870. The molecule has 2 unspecified atom stereocenters. The zero-order valence-corrected chi connectivity index (χ0v) is 37.7. The van der Waals surface area contributed by atoms with Gasteiger partial charge in [0.2, 0.25) is 0 Å². The SMILES string of the molecule is CC/C=C\C/C=C\C/C=C\C/C=C\C/C=C\CCCCOCC(COP(=O)(O)OCC[N+](C)(C)C)OC(=O)CCCCCCCCCCCCCCCCCC. The molecular formula is C47H87NO7P+. The van der Waals surface area contributed by atoms with E-state index in [0.29, 0.717) is 24.1 Å². The highest BCUT2D eigenvalue weighted by Crippen LogP contribution is 2.43.